The van der Waals surface area contributed by atoms with Crippen LogP contribution in [0, 0.1) is 0 Å². The van der Waals surface area contributed by atoms with Crippen LogP contribution in [0.3, 0.4) is 0 Å². The Morgan fingerprint density at radius 3 is 2.67 bits per heavy atom. The molecule has 0 bridgehead atoms. The number of nitrogens with one attached hydrogen (secondary N) is 1. The molecule has 2 atom stereocenters. The number of carbonyl (C=O) groups excluding carboxylic acids is 3. The molecule has 1 N–H and O–H groups in total. The summed E-state index contributed by atoms with van der Waals surface area (Å²) in [7, 11) is 0. The number of nitrogens with zero attached hydrogens (tertiary/aromatic N) is 3. The Morgan fingerprint density at radius 1 is 1.15 bits per heavy atom. The fourth-order valence-electron chi connectivity index (χ4n) is 4.84. The Balaban J connectivity index is 1.30. The fraction of sp³-hybridized carbons (Fsp3) is 0.360. The number of carbonyl (C=O) groups is 3. The molecule has 2 fully saturated rings. The average molecular weight is 463 g/mol. The van der Waals surface area contributed by atoms with Crippen molar-refractivity contribution in [3.05, 3.63) is 65.2 Å². The van der Waals surface area contributed by atoms with Crippen molar-refractivity contribution < 1.29 is 14.4 Å². The number of hydrogen-bond donors (Lipinski definition) is 1. The number of aromatic nitrogens is 1. The van der Waals surface area contributed by atoms with Crippen molar-refractivity contribution >= 4 is 39.4 Å². The number of para-hydroxylation sites is 1. The van der Waals surface area contributed by atoms with Crippen LogP contribution in [0.2, 0.25) is 0 Å². The van der Waals surface area contributed by atoms with Crippen LogP contribution in [-0.4, -0.2) is 52.3 Å². The Kier molecular flexibility index (Phi) is 5.62. The Morgan fingerprint density at radius 2 is 1.91 bits per heavy atom. The predicted molar refractivity (Wildman–Crippen MR) is 127 cm³/mol. The molecule has 4 amide bonds. The van der Waals surface area contributed by atoms with Crippen LogP contribution in [0.5, 0.6) is 0 Å². The van der Waals surface area contributed by atoms with Crippen LogP contribution < -0.4 is 5.32 Å². The van der Waals surface area contributed by atoms with E-state index >= 15 is 0 Å². The molecule has 8 heteroatoms. The summed E-state index contributed by atoms with van der Waals surface area (Å²) in [5.74, 6) is -0.402. The van der Waals surface area contributed by atoms with Gasteiger partial charge in [-0.05, 0) is 37.0 Å². The van der Waals surface area contributed by atoms with E-state index in [0.29, 0.717) is 19.5 Å². The van der Waals surface area contributed by atoms with Crippen LogP contribution in [0.15, 0.2) is 54.6 Å². The zero-order valence-corrected chi connectivity index (χ0v) is 19.3. The molecule has 5 rings (SSSR count). The van der Waals surface area contributed by atoms with Crippen molar-refractivity contribution in [1.29, 1.82) is 0 Å². The number of hydrogen-bond acceptors (Lipinski definition) is 5. The van der Waals surface area contributed by atoms with Crippen LogP contribution >= 0.6 is 11.3 Å². The number of rotatable bonds is 5. The van der Waals surface area contributed by atoms with Crippen LogP contribution in [-0.2, 0) is 15.1 Å². The molecular formula is C25H26N4O3S. The minimum absolute atomic E-state index is 0.169. The maximum absolute atomic E-state index is 13.3. The maximum atomic E-state index is 13.3. The lowest BCUT2D eigenvalue weighted by Crippen LogP contribution is -2.47. The summed E-state index contributed by atoms with van der Waals surface area (Å²) >= 11 is 1.67. The van der Waals surface area contributed by atoms with Gasteiger partial charge in [0.1, 0.15) is 12.1 Å². The van der Waals surface area contributed by atoms with Gasteiger partial charge in [-0.2, -0.15) is 0 Å². The number of imide groups is 1. The zero-order chi connectivity index (χ0) is 23.0. The van der Waals surface area contributed by atoms with E-state index in [2.05, 4.69) is 11.4 Å². The van der Waals surface area contributed by atoms with E-state index in [4.69, 9.17) is 4.98 Å². The molecule has 0 saturated carbocycles. The number of benzene rings is 2. The number of piperidine rings is 1. The van der Waals surface area contributed by atoms with Crippen molar-refractivity contribution in [2.75, 3.05) is 19.6 Å². The van der Waals surface area contributed by atoms with E-state index in [1.807, 2.05) is 55.5 Å². The second-order valence-electron chi connectivity index (χ2n) is 8.65. The summed E-state index contributed by atoms with van der Waals surface area (Å²) in [5, 5.41) is 3.89. The monoisotopic (exact) mass is 462 g/mol. The quantitative estimate of drug-likeness (QED) is 0.584. The van der Waals surface area contributed by atoms with E-state index in [-0.39, 0.29) is 24.3 Å². The second-order valence-corrected chi connectivity index (χ2v) is 9.71. The summed E-state index contributed by atoms with van der Waals surface area (Å²) < 4.78 is 1.15. The topological polar surface area (TPSA) is 82.6 Å². The highest BCUT2D eigenvalue weighted by Crippen LogP contribution is 2.34. The van der Waals surface area contributed by atoms with Gasteiger partial charge < -0.3 is 10.2 Å². The highest BCUT2D eigenvalue weighted by molar-refractivity contribution is 7.18. The van der Waals surface area contributed by atoms with Gasteiger partial charge in [0.15, 0.2) is 0 Å². The highest BCUT2D eigenvalue weighted by Gasteiger charge is 2.51. The van der Waals surface area contributed by atoms with Gasteiger partial charge in [-0.1, -0.05) is 49.4 Å². The Bertz CT molecular complexity index is 1180. The molecule has 3 heterocycles. The summed E-state index contributed by atoms with van der Waals surface area (Å²) in [4.78, 5) is 46.9. The Hall–Kier alpha value is -3.26. The van der Waals surface area contributed by atoms with E-state index < -0.39 is 11.6 Å². The molecule has 7 nitrogen and oxygen atoms in total. The molecule has 2 aliphatic rings. The third kappa shape index (κ3) is 3.78. The minimum Gasteiger partial charge on any atom is -0.340 e. The molecule has 0 unspecified atom stereocenters. The first-order valence-electron chi connectivity index (χ1n) is 11.3. The van der Waals surface area contributed by atoms with Crippen molar-refractivity contribution in [3.8, 4) is 0 Å². The molecule has 2 saturated heterocycles. The van der Waals surface area contributed by atoms with Crippen LogP contribution in [0.4, 0.5) is 4.79 Å². The molecule has 0 radical (unpaired) electrons. The maximum Gasteiger partial charge on any atom is 0.325 e. The molecule has 2 aliphatic heterocycles. The molecule has 0 aliphatic carbocycles. The largest absolute Gasteiger partial charge is 0.340 e. The van der Waals surface area contributed by atoms with Crippen molar-refractivity contribution in [2.45, 2.75) is 37.6 Å². The first-order valence-corrected chi connectivity index (χ1v) is 12.2. The van der Waals surface area contributed by atoms with Gasteiger partial charge in [-0.25, -0.2) is 9.78 Å². The summed E-state index contributed by atoms with van der Waals surface area (Å²) in [6.07, 6.45) is 2.25. The van der Waals surface area contributed by atoms with E-state index in [1.54, 1.807) is 16.2 Å². The molecular weight excluding hydrogens is 436 g/mol. The Labute approximate surface area is 196 Å². The summed E-state index contributed by atoms with van der Waals surface area (Å²) in [6, 6.07) is 16.8. The fourth-order valence-corrected chi connectivity index (χ4v) is 5.93. The minimum atomic E-state index is -1.12. The number of amides is 4. The predicted octanol–water partition coefficient (Wildman–Crippen LogP) is 3.86. The van der Waals surface area contributed by atoms with Crippen molar-refractivity contribution in [2.24, 2.45) is 0 Å². The van der Waals surface area contributed by atoms with Gasteiger partial charge in [0.25, 0.3) is 5.91 Å². The number of urea groups is 1. The van der Waals surface area contributed by atoms with Crippen LogP contribution in [0.25, 0.3) is 10.2 Å². The molecule has 0 spiro atoms. The third-order valence-electron chi connectivity index (χ3n) is 6.70. The summed E-state index contributed by atoms with van der Waals surface area (Å²) in [6.45, 7) is 2.80. The standard InChI is InChI=1S/C25H26N4O3S/c1-2-25(18-10-4-3-5-11-18)23(31)29(24(32)27-25)16-21(30)28-14-8-9-17(15-28)22-26-19-12-6-7-13-20(19)33-22/h3-7,10-13,17H,2,8-9,14-16H2,1H3,(H,27,32)/t17-,25+/m0/s1. The van der Waals surface area contributed by atoms with Gasteiger partial charge in [-0.15, -0.1) is 11.3 Å². The smallest absolute Gasteiger partial charge is 0.325 e. The normalized spacial score (nSPS) is 23.2. The van der Waals surface area contributed by atoms with Gasteiger partial charge in [0.05, 0.1) is 15.2 Å². The lowest BCUT2D eigenvalue weighted by Gasteiger charge is -2.32. The molecule has 1 aromatic heterocycles. The molecule has 170 valence electrons. The van der Waals surface area contributed by atoms with E-state index in [9.17, 15) is 14.4 Å². The second kappa shape index (κ2) is 8.59. The van der Waals surface area contributed by atoms with Gasteiger partial charge in [0.2, 0.25) is 5.91 Å². The zero-order valence-electron chi connectivity index (χ0n) is 18.5. The third-order valence-corrected chi connectivity index (χ3v) is 7.90. The van der Waals surface area contributed by atoms with Crippen molar-refractivity contribution in [1.82, 2.24) is 20.1 Å². The van der Waals surface area contributed by atoms with Gasteiger partial charge in [-0.3, -0.25) is 14.5 Å². The molecule has 2 aromatic carbocycles. The van der Waals surface area contributed by atoms with Crippen molar-refractivity contribution in [3.63, 3.8) is 0 Å². The highest BCUT2D eigenvalue weighted by atomic mass is 32.1. The van der Waals surface area contributed by atoms with Gasteiger partial charge >= 0.3 is 6.03 Å². The van der Waals surface area contributed by atoms with Gasteiger partial charge in [0, 0.05) is 19.0 Å². The first-order chi connectivity index (χ1) is 16.0. The molecule has 3 aromatic rings. The van der Waals surface area contributed by atoms with E-state index in [0.717, 1.165) is 38.5 Å². The lowest BCUT2D eigenvalue weighted by atomic mass is 9.87. The summed E-state index contributed by atoms with van der Waals surface area (Å²) in [5.41, 5.74) is 0.594. The lowest BCUT2D eigenvalue weighted by molar-refractivity contribution is -0.140. The van der Waals surface area contributed by atoms with E-state index in [1.165, 1.54) is 0 Å². The SMILES string of the molecule is CC[C@]1(c2ccccc2)NC(=O)N(CC(=O)N2CCC[C@H](c3nc4ccccc4s3)C2)C1=O. The number of thiazole rings is 1. The molecule has 33 heavy (non-hydrogen) atoms. The number of fused-ring (bicyclic) bond motifs is 1. The number of likely N-dealkylation sites (tertiary alicyclic amines) is 1. The average Bonchev–Trinajstić information content (AvgIpc) is 3.40. The van der Waals surface area contributed by atoms with Crippen LogP contribution in [0.1, 0.15) is 42.7 Å². The first kappa shape index (κ1) is 21.6.